The van der Waals surface area contributed by atoms with E-state index < -0.39 is 24.1 Å². The van der Waals surface area contributed by atoms with Crippen LogP contribution in [0.15, 0.2) is 10.1 Å². The Morgan fingerprint density at radius 1 is 1.00 bits per heavy atom. The van der Waals surface area contributed by atoms with Crippen LogP contribution in [0.5, 0.6) is 0 Å². The predicted octanol–water partition coefficient (Wildman–Crippen LogP) is 6.32. The van der Waals surface area contributed by atoms with Crippen LogP contribution in [0.3, 0.4) is 0 Å². The van der Waals surface area contributed by atoms with E-state index in [1.165, 1.54) is 6.92 Å². The number of carboxylic acids is 1. The molecule has 4 rings (SSSR count). The molecule has 3 N–H and O–H groups in total. The quantitative estimate of drug-likeness (QED) is 0.310. The van der Waals surface area contributed by atoms with Gasteiger partial charge in [0.1, 0.15) is 6.10 Å². The molecule has 0 spiro atoms. The highest BCUT2D eigenvalue weighted by Crippen LogP contribution is 2.74. The third kappa shape index (κ3) is 4.60. The zero-order chi connectivity index (χ0) is 28.4. The van der Waals surface area contributed by atoms with Crippen molar-refractivity contribution in [3.63, 3.8) is 0 Å². The van der Waals surface area contributed by atoms with E-state index in [2.05, 4.69) is 43.6 Å². The maximum atomic E-state index is 12.8. The molecule has 4 unspecified atom stereocenters. The number of ether oxygens (including phenoxy) is 1. The number of aliphatic hydroxyl groups is 2. The highest BCUT2D eigenvalue weighted by Gasteiger charge is 2.72. The third-order valence-corrected chi connectivity index (χ3v) is 13.5. The molecule has 0 saturated heterocycles. The number of carboxylic acid groups (broad SMARTS) is 1. The fourth-order valence-electron chi connectivity index (χ4n) is 10.3. The Balaban J connectivity index is 1.76. The number of halogens is 1. The molecule has 4 aliphatic carbocycles. The summed E-state index contributed by atoms with van der Waals surface area (Å²) in [6.45, 7) is 14.6. The van der Waals surface area contributed by atoms with Crippen molar-refractivity contribution in [2.24, 2.45) is 51.8 Å². The fraction of sp³-hybridized carbons (Fsp3) is 0.871. The van der Waals surface area contributed by atoms with Gasteiger partial charge in [0, 0.05) is 12.8 Å². The molecule has 0 bridgehead atoms. The van der Waals surface area contributed by atoms with Gasteiger partial charge in [0.2, 0.25) is 0 Å². The maximum absolute atomic E-state index is 12.8. The van der Waals surface area contributed by atoms with Crippen LogP contribution in [0.25, 0.3) is 0 Å². The fourth-order valence-corrected chi connectivity index (χ4v) is 10.6. The van der Waals surface area contributed by atoms with E-state index in [0.29, 0.717) is 31.6 Å². The molecular weight excluding hydrogens is 548 g/mol. The number of carbonyl (C=O) groups excluding carboxylic acids is 1. The van der Waals surface area contributed by atoms with Gasteiger partial charge in [-0.1, -0.05) is 49.2 Å². The number of aliphatic hydroxyl groups excluding tert-OH is 2. The number of carbonyl (C=O) groups is 2. The van der Waals surface area contributed by atoms with Gasteiger partial charge in [-0.15, -0.1) is 0 Å². The van der Waals surface area contributed by atoms with E-state index >= 15 is 0 Å². The number of allylic oxidation sites excluding steroid dienone is 2. The molecule has 216 valence electrons. The Kier molecular flexibility index (Phi) is 8.29. The van der Waals surface area contributed by atoms with Crippen molar-refractivity contribution in [1.29, 1.82) is 0 Å². The minimum absolute atomic E-state index is 0.0542. The van der Waals surface area contributed by atoms with Crippen LogP contribution in [0.1, 0.15) is 99.8 Å². The van der Waals surface area contributed by atoms with E-state index in [1.807, 2.05) is 13.8 Å². The van der Waals surface area contributed by atoms with Gasteiger partial charge in [-0.2, -0.15) is 0 Å². The second-order valence-electron chi connectivity index (χ2n) is 14.2. The lowest BCUT2D eigenvalue weighted by molar-refractivity contribution is -0.240. The Morgan fingerprint density at radius 2 is 1.66 bits per heavy atom. The van der Waals surface area contributed by atoms with Crippen molar-refractivity contribution in [3.8, 4) is 0 Å². The molecule has 38 heavy (non-hydrogen) atoms. The third-order valence-electron chi connectivity index (χ3n) is 12.3. The van der Waals surface area contributed by atoms with Crippen LogP contribution in [-0.2, 0) is 14.3 Å². The lowest BCUT2D eigenvalue weighted by Gasteiger charge is -2.69. The molecule has 12 atom stereocenters. The molecule has 4 saturated carbocycles. The van der Waals surface area contributed by atoms with Crippen molar-refractivity contribution in [1.82, 2.24) is 0 Å². The topological polar surface area (TPSA) is 104 Å². The standard InChI is InChI=1S/C31H49BrO6/c1-16(2)22(32)9-8-19(28(36)37)26-21-14-24(35)27-29(5)12-11-23(34)17(3)20(29)10-13-30(27,6)31(21,7)15-25(26)38-18(4)33/h17,19-21,23-27,34-35H,8-15H2,1-7H3,(H,36,37)/t17-,19?,20?,21?,23+,24+,25-,26?,27-,29-,30-,31-/m0/s1. The average Bonchev–Trinajstić information content (AvgIpc) is 3.08. The van der Waals surface area contributed by atoms with Crippen molar-refractivity contribution < 1.29 is 29.6 Å². The summed E-state index contributed by atoms with van der Waals surface area (Å²) < 4.78 is 6.97. The van der Waals surface area contributed by atoms with Crippen molar-refractivity contribution >= 4 is 27.9 Å². The highest BCUT2D eigenvalue weighted by atomic mass is 79.9. The van der Waals surface area contributed by atoms with Gasteiger partial charge in [-0.3, -0.25) is 9.59 Å². The first-order valence-corrected chi connectivity index (χ1v) is 15.5. The minimum Gasteiger partial charge on any atom is -0.481 e. The van der Waals surface area contributed by atoms with Gasteiger partial charge >= 0.3 is 11.9 Å². The summed E-state index contributed by atoms with van der Waals surface area (Å²) in [5.41, 5.74) is 0.548. The summed E-state index contributed by atoms with van der Waals surface area (Å²) in [6.07, 6.45) is 4.51. The highest BCUT2D eigenvalue weighted by molar-refractivity contribution is 9.11. The Morgan fingerprint density at radius 3 is 2.24 bits per heavy atom. The van der Waals surface area contributed by atoms with Crippen LogP contribution in [0.2, 0.25) is 0 Å². The zero-order valence-corrected chi connectivity index (χ0v) is 25.9. The first-order chi connectivity index (χ1) is 17.6. The van der Waals surface area contributed by atoms with Gasteiger partial charge in [0.05, 0.1) is 18.1 Å². The lowest BCUT2D eigenvalue weighted by Crippen LogP contribution is -2.66. The van der Waals surface area contributed by atoms with Gasteiger partial charge in [-0.25, -0.2) is 0 Å². The number of fused-ring (bicyclic) bond motifs is 5. The molecule has 0 heterocycles. The van der Waals surface area contributed by atoms with Gasteiger partial charge in [-0.05, 0) is 110 Å². The average molecular weight is 598 g/mol. The van der Waals surface area contributed by atoms with Crippen LogP contribution in [-0.4, -0.2) is 45.6 Å². The molecule has 0 aromatic rings. The zero-order valence-electron chi connectivity index (χ0n) is 24.3. The molecule has 0 amide bonds. The number of aliphatic carboxylic acids is 1. The molecule has 4 aliphatic rings. The molecule has 6 nitrogen and oxygen atoms in total. The van der Waals surface area contributed by atoms with Gasteiger partial charge in [0.15, 0.2) is 0 Å². The smallest absolute Gasteiger partial charge is 0.306 e. The van der Waals surface area contributed by atoms with Crippen LogP contribution < -0.4 is 0 Å². The van der Waals surface area contributed by atoms with Gasteiger partial charge in [0.25, 0.3) is 0 Å². The summed E-state index contributed by atoms with van der Waals surface area (Å²) in [5, 5.41) is 33.1. The van der Waals surface area contributed by atoms with Crippen molar-refractivity contribution in [2.75, 3.05) is 0 Å². The summed E-state index contributed by atoms with van der Waals surface area (Å²) >= 11 is 3.62. The number of esters is 1. The molecule has 0 aromatic heterocycles. The Hall–Kier alpha value is -0.920. The van der Waals surface area contributed by atoms with E-state index in [1.54, 1.807) is 0 Å². The van der Waals surface area contributed by atoms with Gasteiger partial charge < -0.3 is 20.1 Å². The molecule has 0 aliphatic heterocycles. The Bertz CT molecular complexity index is 975. The van der Waals surface area contributed by atoms with Crippen LogP contribution in [0, 0.1) is 51.8 Å². The summed E-state index contributed by atoms with van der Waals surface area (Å²) in [7, 11) is 0. The minimum atomic E-state index is -0.849. The summed E-state index contributed by atoms with van der Waals surface area (Å²) in [4.78, 5) is 25.0. The SMILES string of the molecule is CC(=O)O[C@H]1C[C@@]2(C)C(C[C@@H](O)[C@H]3[C@@]4(C)CC[C@@H](O)[C@@H](C)C4CC[C@@]32C)C1C(CCC(Br)=C(C)C)C(=O)O. The summed E-state index contributed by atoms with van der Waals surface area (Å²) in [5.74, 6) is -1.67. The first kappa shape index (κ1) is 30.0. The van der Waals surface area contributed by atoms with Crippen LogP contribution >= 0.6 is 15.9 Å². The summed E-state index contributed by atoms with van der Waals surface area (Å²) in [6, 6.07) is 0. The number of rotatable bonds is 6. The second kappa shape index (κ2) is 10.5. The van der Waals surface area contributed by atoms with Crippen molar-refractivity contribution in [3.05, 3.63) is 10.1 Å². The van der Waals surface area contributed by atoms with E-state index in [0.717, 1.165) is 35.7 Å². The molecule has 0 aromatic carbocycles. The maximum Gasteiger partial charge on any atom is 0.306 e. The predicted molar refractivity (Wildman–Crippen MR) is 150 cm³/mol. The largest absolute Gasteiger partial charge is 0.481 e. The molecule has 7 heteroatoms. The first-order valence-electron chi connectivity index (χ1n) is 14.7. The monoisotopic (exact) mass is 596 g/mol. The Labute approximate surface area is 237 Å². The molecular formula is C31H49BrO6. The second-order valence-corrected chi connectivity index (χ2v) is 15.1. The molecule has 0 radical (unpaired) electrons. The van der Waals surface area contributed by atoms with E-state index in [-0.39, 0.29) is 52.0 Å². The van der Waals surface area contributed by atoms with E-state index in [9.17, 15) is 24.9 Å². The number of hydrogen-bond donors (Lipinski definition) is 3. The van der Waals surface area contributed by atoms with E-state index in [4.69, 9.17) is 4.74 Å². The normalized spacial score (nSPS) is 46.8. The lowest BCUT2D eigenvalue weighted by atomic mass is 9.36. The number of hydrogen-bond acceptors (Lipinski definition) is 5. The molecule has 4 fully saturated rings. The van der Waals surface area contributed by atoms with Crippen LogP contribution in [0.4, 0.5) is 0 Å². The van der Waals surface area contributed by atoms with Crippen molar-refractivity contribution in [2.45, 2.75) is 118 Å².